The number of hydrogen-bond acceptors (Lipinski definition) is 3. The van der Waals surface area contributed by atoms with E-state index in [1.54, 1.807) is 6.08 Å². The molecule has 1 aromatic rings. The van der Waals surface area contributed by atoms with Crippen LogP contribution < -0.4 is 4.74 Å². The summed E-state index contributed by atoms with van der Waals surface area (Å²) >= 11 is 0. The van der Waals surface area contributed by atoms with Gasteiger partial charge in [0.15, 0.2) is 0 Å². The maximum Gasteiger partial charge on any atom is 0.337 e. The van der Waals surface area contributed by atoms with Gasteiger partial charge in [-0.25, -0.2) is 4.79 Å². The maximum absolute atomic E-state index is 12.0. The number of carbonyl (C=O) groups is 1. The molecule has 0 heterocycles. The average Bonchev–Trinajstić information content (AvgIpc) is 2.60. The van der Waals surface area contributed by atoms with Crippen LogP contribution in [0.5, 0.6) is 5.75 Å². The molecule has 0 saturated heterocycles. The second kappa shape index (κ2) is 11.7. The molecule has 134 valence electrons. The van der Waals surface area contributed by atoms with Crippen LogP contribution in [0.25, 0.3) is 0 Å². The van der Waals surface area contributed by atoms with Gasteiger partial charge in [0.25, 0.3) is 0 Å². The Morgan fingerprint density at radius 3 is 2.00 bits per heavy atom. The Labute approximate surface area is 147 Å². The van der Waals surface area contributed by atoms with Gasteiger partial charge in [-0.15, -0.1) is 0 Å². The topological polar surface area (TPSA) is 35.5 Å². The summed E-state index contributed by atoms with van der Waals surface area (Å²) in [7, 11) is 1.43. The lowest BCUT2D eigenvalue weighted by Crippen LogP contribution is -2.08. The highest BCUT2D eigenvalue weighted by atomic mass is 16.5. The fourth-order valence-corrected chi connectivity index (χ4v) is 2.82. The molecule has 0 spiro atoms. The van der Waals surface area contributed by atoms with E-state index in [4.69, 9.17) is 9.47 Å². The molecule has 0 saturated carbocycles. The molecular formula is C21H32O3. The molecule has 0 aliphatic carbocycles. The van der Waals surface area contributed by atoms with Gasteiger partial charge in [-0.3, -0.25) is 0 Å². The molecule has 0 aliphatic heterocycles. The van der Waals surface area contributed by atoms with Gasteiger partial charge in [0.05, 0.1) is 12.7 Å². The van der Waals surface area contributed by atoms with Crippen molar-refractivity contribution in [1.29, 1.82) is 0 Å². The van der Waals surface area contributed by atoms with Crippen LogP contribution in [0.3, 0.4) is 0 Å². The van der Waals surface area contributed by atoms with Gasteiger partial charge in [-0.1, -0.05) is 52.2 Å². The Hall–Kier alpha value is -1.77. The van der Waals surface area contributed by atoms with Crippen LogP contribution in [0, 0.1) is 0 Å². The monoisotopic (exact) mass is 332 g/mol. The van der Waals surface area contributed by atoms with Crippen molar-refractivity contribution in [2.45, 2.75) is 65.2 Å². The minimum absolute atomic E-state index is 0.279. The summed E-state index contributed by atoms with van der Waals surface area (Å²) in [6.07, 6.45) is 10.5. The first-order valence-electron chi connectivity index (χ1n) is 9.15. The highest BCUT2D eigenvalue weighted by Gasteiger charge is 2.16. The SMILES string of the molecule is C=CCOc1c(CCCCC)cc(C(=O)OC)cc1CCCCC. The third-order valence-corrected chi connectivity index (χ3v) is 4.11. The second-order valence-corrected chi connectivity index (χ2v) is 6.13. The molecule has 0 fully saturated rings. The Kier molecular flexibility index (Phi) is 9.90. The fourth-order valence-electron chi connectivity index (χ4n) is 2.82. The van der Waals surface area contributed by atoms with Gasteiger partial charge < -0.3 is 9.47 Å². The molecule has 3 heteroatoms. The number of methoxy groups -OCH3 is 1. The van der Waals surface area contributed by atoms with Crippen LogP contribution in [-0.4, -0.2) is 19.7 Å². The van der Waals surface area contributed by atoms with E-state index in [0.29, 0.717) is 12.2 Å². The highest BCUT2D eigenvalue weighted by molar-refractivity contribution is 5.90. The van der Waals surface area contributed by atoms with Crippen molar-refractivity contribution in [3.63, 3.8) is 0 Å². The number of ether oxygens (including phenoxy) is 2. The molecule has 3 nitrogen and oxygen atoms in total. The quantitative estimate of drug-likeness (QED) is 0.288. The zero-order chi connectivity index (χ0) is 17.8. The van der Waals surface area contributed by atoms with Gasteiger partial charge >= 0.3 is 5.97 Å². The van der Waals surface area contributed by atoms with Crippen molar-refractivity contribution in [3.05, 3.63) is 41.5 Å². The lowest BCUT2D eigenvalue weighted by Gasteiger charge is -2.17. The Morgan fingerprint density at radius 1 is 1.04 bits per heavy atom. The Balaban J connectivity index is 3.17. The van der Waals surface area contributed by atoms with Gasteiger partial charge in [0, 0.05) is 0 Å². The summed E-state index contributed by atoms with van der Waals surface area (Å²) < 4.78 is 10.9. The van der Waals surface area contributed by atoms with Crippen LogP contribution in [0.1, 0.15) is 73.9 Å². The van der Waals surface area contributed by atoms with E-state index in [1.165, 1.54) is 32.8 Å². The van der Waals surface area contributed by atoms with E-state index < -0.39 is 0 Å². The lowest BCUT2D eigenvalue weighted by atomic mass is 9.96. The number of hydrogen-bond donors (Lipinski definition) is 0. The molecule has 0 aliphatic rings. The van der Waals surface area contributed by atoms with Crippen molar-refractivity contribution in [2.24, 2.45) is 0 Å². The van der Waals surface area contributed by atoms with E-state index in [9.17, 15) is 4.79 Å². The Bertz CT molecular complexity index is 489. The van der Waals surface area contributed by atoms with Crippen LogP contribution in [-0.2, 0) is 17.6 Å². The molecule has 0 N–H and O–H groups in total. The third kappa shape index (κ3) is 6.38. The van der Waals surface area contributed by atoms with E-state index in [1.807, 2.05) is 12.1 Å². The fraction of sp³-hybridized carbons (Fsp3) is 0.571. The minimum Gasteiger partial charge on any atom is -0.489 e. The molecule has 1 rings (SSSR count). The summed E-state index contributed by atoms with van der Waals surface area (Å²) in [6, 6.07) is 3.87. The van der Waals surface area contributed by atoms with Crippen LogP contribution in [0.4, 0.5) is 0 Å². The third-order valence-electron chi connectivity index (χ3n) is 4.11. The van der Waals surface area contributed by atoms with Gasteiger partial charge in [-0.05, 0) is 48.9 Å². The lowest BCUT2D eigenvalue weighted by molar-refractivity contribution is 0.0600. The number of unbranched alkanes of at least 4 members (excludes halogenated alkanes) is 4. The largest absolute Gasteiger partial charge is 0.489 e. The van der Waals surface area contributed by atoms with E-state index in [-0.39, 0.29) is 5.97 Å². The Morgan fingerprint density at radius 2 is 1.58 bits per heavy atom. The van der Waals surface area contributed by atoms with Crippen LogP contribution in [0.15, 0.2) is 24.8 Å². The molecule has 1 aromatic carbocycles. The van der Waals surface area contributed by atoms with Gasteiger partial charge in [0.1, 0.15) is 12.4 Å². The first-order valence-corrected chi connectivity index (χ1v) is 9.15. The standard InChI is InChI=1S/C21H32O3/c1-5-8-10-12-17-15-19(21(22)23-4)16-18(13-11-9-6-2)20(17)24-14-7-3/h7,15-16H,3,5-6,8-14H2,1-2,4H3. The normalized spacial score (nSPS) is 10.5. The molecule has 0 atom stereocenters. The van der Waals surface area contributed by atoms with E-state index >= 15 is 0 Å². The second-order valence-electron chi connectivity index (χ2n) is 6.13. The number of esters is 1. The summed E-state index contributed by atoms with van der Waals surface area (Å²) in [5, 5.41) is 0. The van der Waals surface area contributed by atoms with E-state index in [2.05, 4.69) is 20.4 Å². The van der Waals surface area contributed by atoms with Crippen LogP contribution >= 0.6 is 0 Å². The van der Waals surface area contributed by atoms with Crippen molar-refractivity contribution in [2.75, 3.05) is 13.7 Å². The predicted octanol–water partition coefficient (Wildman–Crippen LogP) is 5.50. The van der Waals surface area contributed by atoms with Gasteiger partial charge in [0.2, 0.25) is 0 Å². The number of carbonyl (C=O) groups excluding carboxylic acids is 1. The zero-order valence-electron chi connectivity index (χ0n) is 15.5. The molecule has 0 bridgehead atoms. The average molecular weight is 332 g/mol. The molecule has 0 amide bonds. The first-order chi connectivity index (χ1) is 11.7. The first kappa shape index (κ1) is 20.3. The zero-order valence-corrected chi connectivity index (χ0v) is 15.5. The number of aryl methyl sites for hydroxylation is 2. The molecule has 0 radical (unpaired) electrons. The van der Waals surface area contributed by atoms with Crippen molar-refractivity contribution >= 4 is 5.97 Å². The predicted molar refractivity (Wildman–Crippen MR) is 99.9 cm³/mol. The van der Waals surface area contributed by atoms with Crippen molar-refractivity contribution in [3.8, 4) is 5.75 Å². The smallest absolute Gasteiger partial charge is 0.337 e. The minimum atomic E-state index is -0.279. The maximum atomic E-state index is 12.0. The van der Waals surface area contributed by atoms with Crippen LogP contribution in [0.2, 0.25) is 0 Å². The number of benzene rings is 1. The molecular weight excluding hydrogens is 300 g/mol. The summed E-state index contributed by atoms with van der Waals surface area (Å²) in [5.41, 5.74) is 2.85. The van der Waals surface area contributed by atoms with E-state index in [0.717, 1.165) is 42.6 Å². The van der Waals surface area contributed by atoms with Gasteiger partial charge in [-0.2, -0.15) is 0 Å². The molecule has 0 unspecified atom stereocenters. The summed E-state index contributed by atoms with van der Waals surface area (Å²) in [6.45, 7) is 8.61. The molecule has 0 aromatic heterocycles. The number of rotatable bonds is 12. The van der Waals surface area contributed by atoms with Crippen molar-refractivity contribution in [1.82, 2.24) is 0 Å². The summed E-state index contributed by atoms with van der Waals surface area (Å²) in [4.78, 5) is 12.0. The highest BCUT2D eigenvalue weighted by Crippen LogP contribution is 2.30. The van der Waals surface area contributed by atoms with Crippen molar-refractivity contribution < 1.29 is 14.3 Å². The molecule has 24 heavy (non-hydrogen) atoms. The summed E-state index contributed by atoms with van der Waals surface area (Å²) in [5.74, 6) is 0.661.